The van der Waals surface area contributed by atoms with Crippen LogP contribution in [0.3, 0.4) is 0 Å². The fraction of sp³-hybridized carbons (Fsp3) is 0.923. The van der Waals surface area contributed by atoms with Gasteiger partial charge in [0.15, 0.2) is 5.78 Å². The minimum atomic E-state index is -2.78. The van der Waals surface area contributed by atoms with Crippen LogP contribution < -0.4 is 0 Å². The zero-order valence-corrected chi connectivity index (χ0v) is 21.5. The number of aliphatic hydroxyl groups is 5. The summed E-state index contributed by atoms with van der Waals surface area (Å²) in [6.45, 7) is 3.71. The Labute approximate surface area is 209 Å². The Hall–Kier alpha value is -1.10. The van der Waals surface area contributed by atoms with Crippen molar-refractivity contribution in [1.82, 2.24) is 0 Å². The van der Waals surface area contributed by atoms with Crippen LogP contribution in [0.1, 0.15) is 104 Å². The lowest BCUT2D eigenvalue weighted by Crippen LogP contribution is -2.65. The number of aliphatic hydroxyl groups excluding tert-OH is 4. The zero-order chi connectivity index (χ0) is 26.4. The molecule has 1 rings (SSSR count). The Bertz CT molecular complexity index is 614. The fourth-order valence-electron chi connectivity index (χ4n) is 4.95. The average molecular weight is 505 g/mol. The van der Waals surface area contributed by atoms with Gasteiger partial charge >= 0.3 is 5.97 Å². The molecule has 7 atom stereocenters. The van der Waals surface area contributed by atoms with Crippen LogP contribution in [0.25, 0.3) is 0 Å². The Morgan fingerprint density at radius 1 is 0.829 bits per heavy atom. The molecule has 0 spiro atoms. The third-order valence-corrected chi connectivity index (χ3v) is 7.25. The van der Waals surface area contributed by atoms with Crippen LogP contribution >= 0.6 is 0 Å². The molecular formula is C26H48O9. The highest BCUT2D eigenvalue weighted by Crippen LogP contribution is 2.37. The van der Waals surface area contributed by atoms with E-state index in [-0.39, 0.29) is 19.4 Å². The van der Waals surface area contributed by atoms with Crippen molar-refractivity contribution < 1.29 is 45.0 Å². The molecule has 1 saturated heterocycles. The molecule has 0 aliphatic carbocycles. The molecule has 0 radical (unpaired) electrons. The first-order valence-corrected chi connectivity index (χ1v) is 13.4. The summed E-state index contributed by atoms with van der Waals surface area (Å²) in [7, 11) is 0. The maximum atomic E-state index is 13.1. The molecule has 9 nitrogen and oxygen atoms in total. The monoisotopic (exact) mass is 504 g/mol. The number of hydrogen-bond acceptors (Lipinski definition) is 8. The van der Waals surface area contributed by atoms with E-state index in [9.17, 15) is 35.1 Å². The predicted octanol–water partition coefficient (Wildman–Crippen LogP) is 2.33. The van der Waals surface area contributed by atoms with Crippen molar-refractivity contribution in [1.29, 1.82) is 0 Å². The van der Waals surface area contributed by atoms with Crippen molar-refractivity contribution in [3.8, 4) is 0 Å². The smallest absolute Gasteiger partial charge is 0.343 e. The maximum absolute atomic E-state index is 13.1. The van der Waals surface area contributed by atoms with E-state index < -0.39 is 53.8 Å². The van der Waals surface area contributed by atoms with E-state index in [1.807, 2.05) is 0 Å². The summed E-state index contributed by atoms with van der Waals surface area (Å²) in [6, 6.07) is 0. The van der Waals surface area contributed by atoms with E-state index in [1.165, 1.54) is 6.92 Å². The largest absolute Gasteiger partial charge is 0.479 e. The number of carboxylic acids is 1. The molecule has 9 heteroatoms. The highest BCUT2D eigenvalue weighted by Gasteiger charge is 2.57. The van der Waals surface area contributed by atoms with Gasteiger partial charge in [-0.2, -0.15) is 0 Å². The summed E-state index contributed by atoms with van der Waals surface area (Å²) in [5.74, 6) is -3.82. The number of carbonyl (C=O) groups excluding carboxylic acids is 1. The summed E-state index contributed by atoms with van der Waals surface area (Å²) in [5.41, 5.74) is -2.78. The first kappa shape index (κ1) is 31.9. The van der Waals surface area contributed by atoms with E-state index in [0.717, 1.165) is 51.4 Å². The van der Waals surface area contributed by atoms with Gasteiger partial charge in [0, 0.05) is 18.9 Å². The number of unbranched alkanes of at least 4 members (excludes halogenated alkanes) is 10. The second-order valence-electron chi connectivity index (χ2n) is 10.0. The van der Waals surface area contributed by atoms with E-state index >= 15 is 0 Å². The van der Waals surface area contributed by atoms with Crippen LogP contribution in [-0.2, 0) is 14.3 Å². The molecule has 0 bridgehead atoms. The van der Waals surface area contributed by atoms with Gasteiger partial charge in [-0.3, -0.25) is 4.79 Å². The number of rotatable bonds is 19. The van der Waals surface area contributed by atoms with Crippen LogP contribution in [0.2, 0.25) is 0 Å². The lowest BCUT2D eigenvalue weighted by molar-refractivity contribution is -0.246. The molecule has 6 N–H and O–H groups in total. The van der Waals surface area contributed by atoms with Gasteiger partial charge in [0.05, 0.1) is 12.2 Å². The fourth-order valence-corrected chi connectivity index (χ4v) is 4.95. The maximum Gasteiger partial charge on any atom is 0.343 e. The SMILES string of the molecule is CCCCCCCCCC(=O)C(O)(C(=O)O)C(CCCCCCCO)C1O[C@@H](C)[C@H](O)[C@@H](O)[C@H]1O. The standard InChI is InChI=1S/C26H48O9/c1-3-4-5-6-7-10-13-16-20(28)26(34,25(32)33)19(15-12-9-8-11-14-17-27)24-23(31)22(30)21(29)18(2)35-24/h18-19,21-24,27,29-31,34H,3-17H2,1-2H3,(H,32,33)/t18-,19?,21-,22+,23+,24?,26?/m0/s1. The molecule has 1 aliphatic heterocycles. The van der Waals surface area contributed by atoms with Crippen LogP contribution in [0.15, 0.2) is 0 Å². The number of ether oxygens (including phenoxy) is 1. The summed E-state index contributed by atoms with van der Waals surface area (Å²) in [4.78, 5) is 25.4. The van der Waals surface area contributed by atoms with Gasteiger partial charge in [-0.1, -0.05) is 71.1 Å². The molecular weight excluding hydrogens is 456 g/mol. The van der Waals surface area contributed by atoms with Crippen molar-refractivity contribution in [2.24, 2.45) is 5.92 Å². The third kappa shape index (κ3) is 9.37. The summed E-state index contributed by atoms with van der Waals surface area (Å²) in [6.07, 6.45) is 3.11. The lowest BCUT2D eigenvalue weighted by Gasteiger charge is -2.45. The van der Waals surface area contributed by atoms with Crippen molar-refractivity contribution in [3.63, 3.8) is 0 Å². The van der Waals surface area contributed by atoms with Crippen molar-refractivity contribution in [2.75, 3.05) is 6.61 Å². The van der Waals surface area contributed by atoms with E-state index in [1.54, 1.807) is 0 Å². The van der Waals surface area contributed by atoms with Crippen molar-refractivity contribution in [2.45, 2.75) is 140 Å². The molecule has 1 heterocycles. The normalized spacial score (nSPS) is 27.3. The van der Waals surface area contributed by atoms with Gasteiger partial charge in [0.25, 0.3) is 0 Å². The second kappa shape index (κ2) is 16.6. The number of carbonyl (C=O) groups is 2. The molecule has 0 aromatic rings. The minimum Gasteiger partial charge on any atom is -0.479 e. The number of aliphatic carboxylic acids is 1. The minimum absolute atomic E-state index is 0.0853. The lowest BCUT2D eigenvalue weighted by atomic mass is 9.72. The zero-order valence-electron chi connectivity index (χ0n) is 21.5. The van der Waals surface area contributed by atoms with Crippen LogP contribution in [0.4, 0.5) is 0 Å². The molecule has 0 amide bonds. The predicted molar refractivity (Wildman–Crippen MR) is 131 cm³/mol. The molecule has 0 saturated carbocycles. The number of carboxylic acid groups (broad SMARTS) is 1. The van der Waals surface area contributed by atoms with Crippen LogP contribution in [-0.4, -0.2) is 85.1 Å². The van der Waals surface area contributed by atoms with E-state index in [4.69, 9.17) is 9.84 Å². The number of hydrogen-bond donors (Lipinski definition) is 6. The molecule has 1 fully saturated rings. The first-order valence-electron chi connectivity index (χ1n) is 13.4. The van der Waals surface area contributed by atoms with Gasteiger partial charge in [0.2, 0.25) is 5.60 Å². The average Bonchev–Trinajstić information content (AvgIpc) is 2.83. The van der Waals surface area contributed by atoms with Gasteiger partial charge in [-0.25, -0.2) is 4.79 Å². The highest BCUT2D eigenvalue weighted by atomic mass is 16.5. The van der Waals surface area contributed by atoms with Crippen molar-refractivity contribution >= 4 is 11.8 Å². The summed E-state index contributed by atoms with van der Waals surface area (Å²) < 4.78 is 5.70. The number of ketones is 1. The van der Waals surface area contributed by atoms with Gasteiger partial charge in [-0.15, -0.1) is 0 Å². The summed E-state index contributed by atoms with van der Waals surface area (Å²) in [5, 5.41) is 61.2. The first-order chi connectivity index (χ1) is 16.6. The quantitative estimate of drug-likeness (QED) is 0.114. The van der Waals surface area contributed by atoms with E-state index in [2.05, 4.69) is 6.92 Å². The highest BCUT2D eigenvalue weighted by molar-refractivity contribution is 6.06. The topological polar surface area (TPSA) is 165 Å². The molecule has 206 valence electrons. The Balaban J connectivity index is 2.98. The Morgan fingerprint density at radius 2 is 1.37 bits per heavy atom. The van der Waals surface area contributed by atoms with Gasteiger partial charge in [0.1, 0.15) is 18.3 Å². The molecule has 35 heavy (non-hydrogen) atoms. The van der Waals surface area contributed by atoms with Gasteiger partial charge in [-0.05, 0) is 26.2 Å². The van der Waals surface area contributed by atoms with Crippen molar-refractivity contribution in [3.05, 3.63) is 0 Å². The van der Waals surface area contributed by atoms with Crippen LogP contribution in [0, 0.1) is 5.92 Å². The molecule has 0 aromatic carbocycles. The Morgan fingerprint density at radius 3 is 1.94 bits per heavy atom. The molecule has 1 aliphatic rings. The second-order valence-corrected chi connectivity index (χ2v) is 10.0. The Kier molecular flexibility index (Phi) is 15.1. The molecule has 0 aromatic heterocycles. The van der Waals surface area contributed by atoms with Crippen LogP contribution in [0.5, 0.6) is 0 Å². The molecule has 3 unspecified atom stereocenters. The third-order valence-electron chi connectivity index (χ3n) is 7.25. The summed E-state index contributed by atoms with van der Waals surface area (Å²) >= 11 is 0. The number of Topliss-reactive ketones (excluding diaryl/α,β-unsaturated/α-hetero) is 1. The van der Waals surface area contributed by atoms with Gasteiger partial charge < -0.3 is 35.4 Å². The van der Waals surface area contributed by atoms with E-state index in [0.29, 0.717) is 25.7 Å².